The zero-order valence-corrected chi connectivity index (χ0v) is 10.1. The van der Waals surface area contributed by atoms with Crippen molar-refractivity contribution >= 4 is 5.97 Å². The number of aryl methyl sites for hydroxylation is 1. The van der Waals surface area contributed by atoms with E-state index < -0.39 is 5.97 Å². The summed E-state index contributed by atoms with van der Waals surface area (Å²) < 4.78 is 10.3. The van der Waals surface area contributed by atoms with Crippen molar-refractivity contribution in [2.24, 2.45) is 0 Å². The molecule has 1 N–H and O–H groups in total. The van der Waals surface area contributed by atoms with Gasteiger partial charge in [-0.15, -0.1) is 0 Å². The fourth-order valence-corrected chi connectivity index (χ4v) is 1.51. The van der Waals surface area contributed by atoms with Gasteiger partial charge in [-0.3, -0.25) is 0 Å². The summed E-state index contributed by atoms with van der Waals surface area (Å²) in [7, 11) is 0. The van der Waals surface area contributed by atoms with E-state index in [1.807, 2.05) is 0 Å². The topological polar surface area (TPSA) is 72.6 Å². The fraction of sp³-hybridized carbons (Fsp3) is 0.231. The third-order valence-electron chi connectivity index (χ3n) is 2.37. The van der Waals surface area contributed by atoms with E-state index in [0.29, 0.717) is 17.1 Å². The molecule has 0 saturated carbocycles. The SMILES string of the molecule is CCOC(=O)c1oc(-c2ccc(O)cc2)nc1C. The third kappa shape index (κ3) is 2.34. The molecule has 0 spiro atoms. The van der Waals surface area contributed by atoms with Crippen LogP contribution in [0.3, 0.4) is 0 Å². The standard InChI is InChI=1S/C13H13NO4/c1-3-17-13(16)11-8(2)14-12(18-11)9-4-6-10(15)7-5-9/h4-7,15H,3H2,1-2H3. The molecule has 2 rings (SSSR count). The van der Waals surface area contributed by atoms with E-state index in [1.54, 1.807) is 26.0 Å². The first-order valence-corrected chi connectivity index (χ1v) is 5.55. The molecular formula is C13H13NO4. The lowest BCUT2D eigenvalue weighted by molar-refractivity contribution is 0.0490. The largest absolute Gasteiger partial charge is 0.508 e. The van der Waals surface area contributed by atoms with Gasteiger partial charge < -0.3 is 14.3 Å². The predicted octanol–water partition coefficient (Wildman–Crippen LogP) is 2.53. The van der Waals surface area contributed by atoms with Crippen molar-refractivity contribution in [3.8, 4) is 17.2 Å². The van der Waals surface area contributed by atoms with Crippen LogP contribution in [0.25, 0.3) is 11.5 Å². The Balaban J connectivity index is 2.34. The van der Waals surface area contributed by atoms with Crippen LogP contribution in [-0.4, -0.2) is 22.7 Å². The van der Waals surface area contributed by atoms with Crippen molar-refractivity contribution in [1.82, 2.24) is 4.98 Å². The van der Waals surface area contributed by atoms with E-state index in [0.717, 1.165) is 0 Å². The molecule has 0 radical (unpaired) electrons. The first-order chi connectivity index (χ1) is 8.61. The van der Waals surface area contributed by atoms with Gasteiger partial charge in [-0.1, -0.05) is 0 Å². The van der Waals surface area contributed by atoms with E-state index in [-0.39, 0.29) is 18.1 Å². The van der Waals surface area contributed by atoms with Crippen molar-refractivity contribution in [3.05, 3.63) is 35.7 Å². The lowest BCUT2D eigenvalue weighted by Crippen LogP contribution is -2.04. The number of esters is 1. The molecule has 0 saturated heterocycles. The predicted molar refractivity (Wildman–Crippen MR) is 64.3 cm³/mol. The number of benzene rings is 1. The van der Waals surface area contributed by atoms with Crippen LogP contribution in [0.4, 0.5) is 0 Å². The Morgan fingerprint density at radius 3 is 2.67 bits per heavy atom. The lowest BCUT2D eigenvalue weighted by Gasteiger charge is -1.97. The molecule has 0 atom stereocenters. The van der Waals surface area contributed by atoms with Crippen LogP contribution in [0, 0.1) is 6.92 Å². The van der Waals surface area contributed by atoms with Crippen LogP contribution in [0.5, 0.6) is 5.75 Å². The van der Waals surface area contributed by atoms with E-state index in [1.165, 1.54) is 12.1 Å². The summed E-state index contributed by atoms with van der Waals surface area (Å²) in [5.41, 5.74) is 1.17. The Bertz CT molecular complexity index is 557. The van der Waals surface area contributed by atoms with Crippen LogP contribution in [-0.2, 0) is 4.74 Å². The minimum absolute atomic E-state index is 0.111. The smallest absolute Gasteiger partial charge is 0.376 e. The number of nitrogens with zero attached hydrogens (tertiary/aromatic N) is 1. The van der Waals surface area contributed by atoms with Crippen molar-refractivity contribution < 1.29 is 19.1 Å². The maximum absolute atomic E-state index is 11.6. The Labute approximate surface area is 104 Å². The average Bonchev–Trinajstić information content (AvgIpc) is 2.72. The number of hydrogen-bond acceptors (Lipinski definition) is 5. The van der Waals surface area contributed by atoms with Crippen LogP contribution in [0.2, 0.25) is 0 Å². The second-order valence-electron chi connectivity index (χ2n) is 3.70. The Morgan fingerprint density at radius 2 is 2.06 bits per heavy atom. The molecule has 2 aromatic rings. The zero-order valence-electron chi connectivity index (χ0n) is 10.1. The highest BCUT2D eigenvalue weighted by Gasteiger charge is 2.19. The van der Waals surface area contributed by atoms with Gasteiger partial charge in [-0.25, -0.2) is 9.78 Å². The van der Waals surface area contributed by atoms with Gasteiger partial charge in [0.05, 0.1) is 12.3 Å². The Morgan fingerprint density at radius 1 is 1.39 bits per heavy atom. The number of carbonyl (C=O) groups excluding carboxylic acids is 1. The first-order valence-electron chi connectivity index (χ1n) is 5.55. The molecule has 5 nitrogen and oxygen atoms in total. The highest BCUT2D eigenvalue weighted by atomic mass is 16.5. The molecule has 0 aliphatic rings. The van der Waals surface area contributed by atoms with Gasteiger partial charge >= 0.3 is 5.97 Å². The van der Waals surface area contributed by atoms with Gasteiger partial charge in [-0.2, -0.15) is 0 Å². The summed E-state index contributed by atoms with van der Waals surface area (Å²) in [6, 6.07) is 6.38. The quantitative estimate of drug-likeness (QED) is 0.844. The summed E-state index contributed by atoms with van der Waals surface area (Å²) >= 11 is 0. The highest BCUT2D eigenvalue weighted by Crippen LogP contribution is 2.24. The Hall–Kier alpha value is -2.30. The van der Waals surface area contributed by atoms with Gasteiger partial charge in [0.25, 0.3) is 0 Å². The number of aromatic hydroxyl groups is 1. The van der Waals surface area contributed by atoms with E-state index >= 15 is 0 Å². The van der Waals surface area contributed by atoms with Crippen molar-refractivity contribution in [2.45, 2.75) is 13.8 Å². The maximum atomic E-state index is 11.6. The van der Waals surface area contributed by atoms with Gasteiger partial charge in [0, 0.05) is 5.56 Å². The molecule has 0 aliphatic carbocycles. The van der Waals surface area contributed by atoms with Crippen LogP contribution < -0.4 is 0 Å². The number of phenols is 1. The van der Waals surface area contributed by atoms with Gasteiger partial charge in [0.15, 0.2) is 0 Å². The van der Waals surface area contributed by atoms with Gasteiger partial charge in [-0.05, 0) is 38.1 Å². The summed E-state index contributed by atoms with van der Waals surface area (Å²) in [6.07, 6.45) is 0. The summed E-state index contributed by atoms with van der Waals surface area (Å²) in [5.74, 6) is 0.0793. The van der Waals surface area contributed by atoms with Crippen LogP contribution >= 0.6 is 0 Å². The molecule has 1 heterocycles. The summed E-state index contributed by atoms with van der Waals surface area (Å²) in [4.78, 5) is 15.7. The molecule has 0 aliphatic heterocycles. The molecule has 0 bridgehead atoms. The lowest BCUT2D eigenvalue weighted by atomic mass is 10.2. The third-order valence-corrected chi connectivity index (χ3v) is 2.37. The molecule has 5 heteroatoms. The van der Waals surface area contributed by atoms with Crippen molar-refractivity contribution in [3.63, 3.8) is 0 Å². The zero-order chi connectivity index (χ0) is 13.1. The monoisotopic (exact) mass is 247 g/mol. The van der Waals surface area contributed by atoms with Crippen molar-refractivity contribution in [1.29, 1.82) is 0 Å². The van der Waals surface area contributed by atoms with Crippen molar-refractivity contribution in [2.75, 3.05) is 6.61 Å². The number of rotatable bonds is 3. The average molecular weight is 247 g/mol. The minimum Gasteiger partial charge on any atom is -0.508 e. The summed E-state index contributed by atoms with van der Waals surface area (Å²) in [5, 5.41) is 9.20. The number of phenolic OH excluding ortho intramolecular Hbond substituents is 1. The van der Waals surface area contributed by atoms with E-state index in [2.05, 4.69) is 4.98 Å². The second-order valence-corrected chi connectivity index (χ2v) is 3.70. The van der Waals surface area contributed by atoms with E-state index in [4.69, 9.17) is 9.15 Å². The molecule has 1 aromatic heterocycles. The van der Waals surface area contributed by atoms with E-state index in [9.17, 15) is 9.90 Å². The molecular weight excluding hydrogens is 234 g/mol. The second kappa shape index (κ2) is 4.91. The molecule has 0 unspecified atom stereocenters. The molecule has 0 fully saturated rings. The van der Waals surface area contributed by atoms with Gasteiger partial charge in [0.1, 0.15) is 5.75 Å². The Kier molecular flexibility index (Phi) is 3.32. The number of carbonyl (C=O) groups is 1. The highest BCUT2D eigenvalue weighted by molar-refractivity contribution is 5.87. The minimum atomic E-state index is -0.521. The molecule has 94 valence electrons. The van der Waals surface area contributed by atoms with Crippen LogP contribution in [0.15, 0.2) is 28.7 Å². The maximum Gasteiger partial charge on any atom is 0.376 e. The number of ether oxygens (including phenoxy) is 1. The normalized spacial score (nSPS) is 10.3. The first kappa shape index (κ1) is 12.2. The molecule has 1 aromatic carbocycles. The number of hydrogen-bond donors (Lipinski definition) is 1. The summed E-state index contributed by atoms with van der Waals surface area (Å²) in [6.45, 7) is 3.69. The van der Waals surface area contributed by atoms with Gasteiger partial charge in [0.2, 0.25) is 11.7 Å². The number of aromatic nitrogens is 1. The number of oxazole rings is 1. The fourth-order valence-electron chi connectivity index (χ4n) is 1.51. The molecule has 0 amide bonds. The van der Waals surface area contributed by atoms with Crippen LogP contribution in [0.1, 0.15) is 23.2 Å². The molecule has 18 heavy (non-hydrogen) atoms.